The first-order chi connectivity index (χ1) is 10.7. The highest BCUT2D eigenvalue weighted by molar-refractivity contribution is 5.73. The van der Waals surface area contributed by atoms with Gasteiger partial charge in [0.2, 0.25) is 0 Å². The van der Waals surface area contributed by atoms with E-state index in [1.165, 1.54) is 5.56 Å². The molecule has 0 amide bonds. The second kappa shape index (κ2) is 10.8. The normalized spacial score (nSPS) is 11.7. The third kappa shape index (κ3) is 7.22. The van der Waals surface area contributed by atoms with Crippen LogP contribution in [0.1, 0.15) is 44.6 Å². The Morgan fingerprint density at radius 2 is 2.00 bits per heavy atom. The van der Waals surface area contributed by atoms with E-state index in [-0.39, 0.29) is 6.42 Å². The summed E-state index contributed by atoms with van der Waals surface area (Å²) in [6.07, 6.45) is 3.95. The lowest BCUT2D eigenvalue weighted by molar-refractivity contribution is -0.142. The third-order valence-electron chi connectivity index (χ3n) is 3.32. The van der Waals surface area contributed by atoms with E-state index in [0.717, 1.165) is 25.7 Å². The molecule has 5 nitrogen and oxygen atoms in total. The topological polar surface area (TPSA) is 78.6 Å². The van der Waals surface area contributed by atoms with Crippen LogP contribution in [0.5, 0.6) is 5.75 Å². The average Bonchev–Trinajstić information content (AvgIpc) is 2.50. The number of hydrogen-bond donors (Lipinski definition) is 1. The first-order valence-corrected chi connectivity index (χ1v) is 7.78. The largest absolute Gasteiger partial charge is 0.464 e. The molecule has 0 fully saturated rings. The molecule has 1 rings (SSSR count). The minimum Gasteiger partial charge on any atom is -0.464 e. The lowest BCUT2D eigenvalue weighted by atomic mass is 10.1. The number of unbranched alkanes of at least 4 members (excludes halogenated alkanes) is 1. The van der Waals surface area contributed by atoms with Crippen LogP contribution in [-0.2, 0) is 20.7 Å². The van der Waals surface area contributed by atoms with Crippen LogP contribution in [0.4, 0.5) is 0 Å². The maximum absolute atomic E-state index is 11.9. The van der Waals surface area contributed by atoms with E-state index < -0.39 is 12.1 Å². The van der Waals surface area contributed by atoms with Crippen LogP contribution in [0.15, 0.2) is 24.3 Å². The van der Waals surface area contributed by atoms with Gasteiger partial charge in [0, 0.05) is 0 Å². The van der Waals surface area contributed by atoms with Gasteiger partial charge in [0.05, 0.1) is 6.42 Å². The second-order valence-corrected chi connectivity index (χ2v) is 5.21. The van der Waals surface area contributed by atoms with Gasteiger partial charge in [-0.05, 0) is 49.9 Å². The fourth-order valence-corrected chi connectivity index (χ4v) is 2.18. The number of benzene rings is 1. The van der Waals surface area contributed by atoms with E-state index in [9.17, 15) is 9.59 Å². The van der Waals surface area contributed by atoms with Gasteiger partial charge in [0.25, 0.3) is 6.47 Å². The Labute approximate surface area is 131 Å². The van der Waals surface area contributed by atoms with E-state index in [4.69, 9.17) is 15.2 Å². The Hall–Kier alpha value is -1.88. The molecule has 0 aliphatic carbocycles. The van der Waals surface area contributed by atoms with E-state index in [1.807, 2.05) is 12.1 Å². The van der Waals surface area contributed by atoms with Crippen molar-refractivity contribution in [2.45, 2.75) is 51.6 Å². The molecule has 1 aromatic carbocycles. The summed E-state index contributed by atoms with van der Waals surface area (Å²) < 4.78 is 10.2. The number of carbonyl (C=O) groups excluding carboxylic acids is 2. The Morgan fingerprint density at radius 3 is 2.59 bits per heavy atom. The smallest absolute Gasteiger partial charge is 0.314 e. The van der Waals surface area contributed by atoms with Crippen LogP contribution in [-0.4, -0.2) is 25.1 Å². The lowest BCUT2D eigenvalue weighted by Gasteiger charge is -2.14. The molecular formula is C17H25NO4. The molecule has 5 heteroatoms. The van der Waals surface area contributed by atoms with Crippen molar-refractivity contribution >= 4 is 12.4 Å². The summed E-state index contributed by atoms with van der Waals surface area (Å²) >= 11 is 0. The highest BCUT2D eigenvalue weighted by Crippen LogP contribution is 2.16. The van der Waals surface area contributed by atoms with Gasteiger partial charge in [-0.25, -0.2) is 0 Å². The predicted octanol–water partition coefficient (Wildman–Crippen LogP) is 2.61. The second-order valence-electron chi connectivity index (χ2n) is 5.21. The molecule has 0 spiro atoms. The van der Waals surface area contributed by atoms with Crippen LogP contribution in [0.3, 0.4) is 0 Å². The van der Waals surface area contributed by atoms with Gasteiger partial charge < -0.3 is 15.2 Å². The van der Waals surface area contributed by atoms with Gasteiger partial charge in [0.1, 0.15) is 11.9 Å². The van der Waals surface area contributed by atoms with Crippen molar-refractivity contribution in [3.05, 3.63) is 29.8 Å². The highest BCUT2D eigenvalue weighted by atomic mass is 16.5. The zero-order chi connectivity index (χ0) is 16.2. The molecule has 1 unspecified atom stereocenters. The molecule has 1 atom stereocenters. The summed E-state index contributed by atoms with van der Waals surface area (Å²) in [5.74, 6) is 0.111. The summed E-state index contributed by atoms with van der Waals surface area (Å²) in [7, 11) is 0. The third-order valence-corrected chi connectivity index (χ3v) is 3.32. The van der Waals surface area contributed by atoms with Crippen molar-refractivity contribution in [1.82, 2.24) is 0 Å². The fourth-order valence-electron chi connectivity index (χ4n) is 2.18. The Morgan fingerprint density at radius 1 is 1.27 bits per heavy atom. The molecule has 0 saturated heterocycles. The molecule has 0 saturated carbocycles. The summed E-state index contributed by atoms with van der Waals surface area (Å²) in [6, 6.07) is 7.47. The molecule has 0 radical (unpaired) electrons. The van der Waals surface area contributed by atoms with Crippen molar-refractivity contribution < 1.29 is 19.1 Å². The Kier molecular flexibility index (Phi) is 8.91. The predicted molar refractivity (Wildman–Crippen MR) is 84.5 cm³/mol. The highest BCUT2D eigenvalue weighted by Gasteiger charge is 2.16. The summed E-state index contributed by atoms with van der Waals surface area (Å²) in [5, 5.41) is 0. The zero-order valence-electron chi connectivity index (χ0n) is 13.1. The van der Waals surface area contributed by atoms with Crippen LogP contribution in [0, 0.1) is 0 Å². The van der Waals surface area contributed by atoms with Gasteiger partial charge in [-0.15, -0.1) is 0 Å². The monoisotopic (exact) mass is 307 g/mol. The number of ether oxygens (including phenoxy) is 2. The van der Waals surface area contributed by atoms with Gasteiger partial charge in [0.15, 0.2) is 0 Å². The lowest BCUT2D eigenvalue weighted by Crippen LogP contribution is -2.21. The number of carbonyl (C=O) groups is 2. The van der Waals surface area contributed by atoms with E-state index in [0.29, 0.717) is 25.2 Å². The van der Waals surface area contributed by atoms with Crippen molar-refractivity contribution in [1.29, 1.82) is 0 Å². The standard InChI is InChI=1S/C17H25NO4/c1-2-5-14-7-9-15(10-8-14)22-17(20)12-16(21-13-19)6-3-4-11-18/h7-10,13,16H,2-6,11-12,18H2,1H3. The van der Waals surface area contributed by atoms with Gasteiger partial charge in [-0.2, -0.15) is 0 Å². The number of hydrogen-bond acceptors (Lipinski definition) is 5. The van der Waals surface area contributed by atoms with Crippen LogP contribution in [0.2, 0.25) is 0 Å². The molecule has 0 aliphatic rings. The quantitative estimate of drug-likeness (QED) is 0.294. The molecule has 1 aromatic rings. The van der Waals surface area contributed by atoms with Crippen molar-refractivity contribution in [2.24, 2.45) is 5.73 Å². The van der Waals surface area contributed by atoms with Gasteiger partial charge in [-0.3, -0.25) is 9.59 Å². The molecule has 2 N–H and O–H groups in total. The Balaban J connectivity index is 2.46. The maximum Gasteiger partial charge on any atom is 0.314 e. The number of esters is 1. The molecule has 22 heavy (non-hydrogen) atoms. The van der Waals surface area contributed by atoms with Gasteiger partial charge >= 0.3 is 5.97 Å². The fraction of sp³-hybridized carbons (Fsp3) is 0.529. The van der Waals surface area contributed by atoms with Crippen molar-refractivity contribution in [3.8, 4) is 5.75 Å². The van der Waals surface area contributed by atoms with E-state index in [1.54, 1.807) is 12.1 Å². The molecule has 0 heterocycles. The zero-order valence-corrected chi connectivity index (χ0v) is 13.1. The van der Waals surface area contributed by atoms with Crippen LogP contribution in [0.25, 0.3) is 0 Å². The summed E-state index contributed by atoms with van der Waals surface area (Å²) in [4.78, 5) is 22.4. The van der Waals surface area contributed by atoms with Crippen LogP contribution >= 0.6 is 0 Å². The van der Waals surface area contributed by atoms with Crippen molar-refractivity contribution in [3.63, 3.8) is 0 Å². The number of nitrogens with two attached hydrogens (primary N) is 1. The minimum atomic E-state index is -0.448. The number of rotatable bonds is 11. The maximum atomic E-state index is 11.9. The summed E-state index contributed by atoms with van der Waals surface area (Å²) in [5.41, 5.74) is 6.64. The molecule has 0 aliphatic heterocycles. The SMILES string of the molecule is CCCc1ccc(OC(=O)CC(CCCCN)OC=O)cc1. The molecule has 0 aromatic heterocycles. The first-order valence-electron chi connectivity index (χ1n) is 7.78. The average molecular weight is 307 g/mol. The molecular weight excluding hydrogens is 282 g/mol. The number of aryl methyl sites for hydroxylation is 1. The Bertz CT molecular complexity index is 444. The van der Waals surface area contributed by atoms with E-state index in [2.05, 4.69) is 6.92 Å². The van der Waals surface area contributed by atoms with E-state index >= 15 is 0 Å². The summed E-state index contributed by atoms with van der Waals surface area (Å²) in [6.45, 7) is 3.08. The first kappa shape index (κ1) is 18.2. The molecule has 122 valence electrons. The molecule has 0 bridgehead atoms. The van der Waals surface area contributed by atoms with Crippen molar-refractivity contribution in [2.75, 3.05) is 6.54 Å². The van der Waals surface area contributed by atoms with Crippen LogP contribution < -0.4 is 10.5 Å². The van der Waals surface area contributed by atoms with Gasteiger partial charge in [-0.1, -0.05) is 25.5 Å². The minimum absolute atomic E-state index is 0.0556.